The predicted octanol–water partition coefficient (Wildman–Crippen LogP) is 3.47. The molecule has 2 rings (SSSR count). The Bertz CT molecular complexity index is 654. The maximum Gasteiger partial charge on any atom is 0.311 e. The smallest absolute Gasteiger partial charge is 0.311 e. The number of hydrogen-bond donors (Lipinski definition) is 2. The zero-order valence-electron chi connectivity index (χ0n) is 11.4. The van der Waals surface area contributed by atoms with Crippen LogP contribution in [0.25, 0.3) is 0 Å². The van der Waals surface area contributed by atoms with Gasteiger partial charge < -0.3 is 14.9 Å². The molecular weight excluding hydrogens is 292 g/mol. The number of para-hydroxylation sites is 1. The summed E-state index contributed by atoms with van der Waals surface area (Å²) in [5, 5.41) is 19.6. The molecule has 0 radical (unpaired) electrons. The highest BCUT2D eigenvalue weighted by Crippen LogP contribution is 2.31. The molecule has 0 aromatic heterocycles. The summed E-state index contributed by atoms with van der Waals surface area (Å²) in [5.74, 6) is -1.18. The summed E-state index contributed by atoms with van der Waals surface area (Å²) in [6.45, 7) is 0. The van der Waals surface area contributed by atoms with Crippen LogP contribution in [0.5, 0.6) is 11.5 Å². The van der Waals surface area contributed by atoms with Crippen LogP contribution in [-0.2, 0) is 11.2 Å². The van der Waals surface area contributed by atoms with Crippen LogP contribution in [0.1, 0.15) is 17.0 Å². The fraction of sp³-hybridized carbons (Fsp3) is 0.188. The topological polar surface area (TPSA) is 66.8 Å². The van der Waals surface area contributed by atoms with Crippen LogP contribution in [0.3, 0.4) is 0 Å². The van der Waals surface area contributed by atoms with Crippen LogP contribution in [-0.4, -0.2) is 23.3 Å². The minimum Gasteiger partial charge on any atom is -0.508 e. The van der Waals surface area contributed by atoms with Gasteiger partial charge in [0.25, 0.3) is 0 Å². The maximum absolute atomic E-state index is 11.5. The average molecular weight is 307 g/mol. The minimum atomic E-state index is -0.973. The molecule has 0 saturated heterocycles. The first-order chi connectivity index (χ1) is 10.0. The van der Waals surface area contributed by atoms with Crippen molar-refractivity contribution in [2.45, 2.75) is 12.3 Å². The Kier molecular flexibility index (Phi) is 4.70. The predicted molar refractivity (Wildman–Crippen MR) is 80.2 cm³/mol. The molecular formula is C16H15ClO4. The zero-order valence-corrected chi connectivity index (χ0v) is 12.2. The number of carbonyl (C=O) groups is 1. The third-order valence-corrected chi connectivity index (χ3v) is 3.59. The van der Waals surface area contributed by atoms with Crippen molar-refractivity contribution >= 4 is 17.6 Å². The lowest BCUT2D eigenvalue weighted by Gasteiger charge is -2.15. The number of phenolic OH excluding ortho intramolecular Hbond substituents is 1. The van der Waals surface area contributed by atoms with Gasteiger partial charge in [-0.25, -0.2) is 0 Å². The fourth-order valence-corrected chi connectivity index (χ4v) is 2.42. The van der Waals surface area contributed by atoms with Crippen LogP contribution in [0.4, 0.5) is 0 Å². The van der Waals surface area contributed by atoms with Crippen LogP contribution in [0.15, 0.2) is 42.5 Å². The van der Waals surface area contributed by atoms with Crippen molar-refractivity contribution in [1.82, 2.24) is 0 Å². The number of aromatic hydroxyl groups is 1. The van der Waals surface area contributed by atoms with Gasteiger partial charge in [0, 0.05) is 0 Å². The van der Waals surface area contributed by atoms with E-state index in [4.69, 9.17) is 16.3 Å². The number of benzene rings is 2. The summed E-state index contributed by atoms with van der Waals surface area (Å²) in [4.78, 5) is 11.5. The van der Waals surface area contributed by atoms with E-state index < -0.39 is 11.9 Å². The van der Waals surface area contributed by atoms with E-state index in [1.807, 2.05) is 0 Å². The quantitative estimate of drug-likeness (QED) is 0.887. The second-order valence-electron chi connectivity index (χ2n) is 4.62. The number of rotatable bonds is 5. The van der Waals surface area contributed by atoms with Crippen molar-refractivity contribution < 1.29 is 19.7 Å². The van der Waals surface area contributed by atoms with Gasteiger partial charge in [-0.05, 0) is 35.7 Å². The molecule has 2 aromatic rings. The Morgan fingerprint density at radius 2 is 2.00 bits per heavy atom. The number of hydrogen-bond acceptors (Lipinski definition) is 3. The lowest BCUT2D eigenvalue weighted by molar-refractivity contribution is -0.138. The van der Waals surface area contributed by atoms with Gasteiger partial charge in [0.2, 0.25) is 0 Å². The Labute approximate surface area is 127 Å². The largest absolute Gasteiger partial charge is 0.508 e. The standard InChI is InChI=1S/C16H15ClO4/c1-21-15-7-6-10(9-13(15)17)12(16(19)20)8-11-4-2-3-5-14(11)18/h2-7,9,12,18H,8H2,1H3,(H,19,20). The molecule has 0 bridgehead atoms. The summed E-state index contributed by atoms with van der Waals surface area (Å²) < 4.78 is 5.06. The number of halogens is 1. The van der Waals surface area contributed by atoms with E-state index in [-0.39, 0.29) is 12.2 Å². The van der Waals surface area contributed by atoms with Gasteiger partial charge in [-0.15, -0.1) is 0 Å². The molecule has 0 heterocycles. The second-order valence-corrected chi connectivity index (χ2v) is 5.02. The summed E-state index contributed by atoms with van der Waals surface area (Å²) in [6, 6.07) is 11.6. The molecule has 4 nitrogen and oxygen atoms in total. The van der Waals surface area contributed by atoms with Crippen molar-refractivity contribution in [3.05, 3.63) is 58.6 Å². The van der Waals surface area contributed by atoms with E-state index in [0.29, 0.717) is 21.9 Å². The van der Waals surface area contributed by atoms with Gasteiger partial charge in [-0.2, -0.15) is 0 Å². The first kappa shape index (κ1) is 15.2. The molecule has 5 heteroatoms. The summed E-state index contributed by atoms with van der Waals surface area (Å²) >= 11 is 6.05. The summed E-state index contributed by atoms with van der Waals surface area (Å²) in [5.41, 5.74) is 1.15. The number of methoxy groups -OCH3 is 1. The normalized spacial score (nSPS) is 11.9. The first-order valence-electron chi connectivity index (χ1n) is 6.36. The number of carboxylic acids is 1. The van der Waals surface area contributed by atoms with Gasteiger partial charge in [-0.3, -0.25) is 4.79 Å². The molecule has 0 aliphatic carbocycles. The van der Waals surface area contributed by atoms with E-state index in [1.165, 1.54) is 13.2 Å². The summed E-state index contributed by atoms with van der Waals surface area (Å²) in [6.07, 6.45) is 0.185. The molecule has 1 atom stereocenters. The number of ether oxygens (including phenoxy) is 1. The van der Waals surface area contributed by atoms with Gasteiger partial charge in [0.1, 0.15) is 11.5 Å². The number of aliphatic carboxylic acids is 1. The van der Waals surface area contributed by atoms with Crippen LogP contribution in [0.2, 0.25) is 5.02 Å². The fourth-order valence-electron chi connectivity index (χ4n) is 2.15. The molecule has 2 aromatic carbocycles. The third kappa shape index (κ3) is 3.47. The van der Waals surface area contributed by atoms with E-state index >= 15 is 0 Å². The highest BCUT2D eigenvalue weighted by atomic mass is 35.5. The molecule has 2 N–H and O–H groups in total. The van der Waals surface area contributed by atoms with Gasteiger partial charge >= 0.3 is 5.97 Å². The van der Waals surface area contributed by atoms with Gasteiger partial charge in [0.15, 0.2) is 0 Å². The first-order valence-corrected chi connectivity index (χ1v) is 6.74. The molecule has 0 amide bonds. The van der Waals surface area contributed by atoms with E-state index in [0.717, 1.165) is 0 Å². The van der Waals surface area contributed by atoms with Crippen molar-refractivity contribution in [2.75, 3.05) is 7.11 Å². The lowest BCUT2D eigenvalue weighted by Crippen LogP contribution is -2.14. The lowest BCUT2D eigenvalue weighted by atomic mass is 9.91. The van der Waals surface area contributed by atoms with Gasteiger partial charge in [0.05, 0.1) is 18.1 Å². The van der Waals surface area contributed by atoms with E-state index in [9.17, 15) is 15.0 Å². The third-order valence-electron chi connectivity index (χ3n) is 3.29. The SMILES string of the molecule is COc1ccc(C(Cc2ccccc2O)C(=O)O)cc1Cl. The molecule has 0 fully saturated rings. The molecule has 1 unspecified atom stereocenters. The number of phenols is 1. The van der Waals surface area contributed by atoms with E-state index in [2.05, 4.69) is 0 Å². The van der Waals surface area contributed by atoms with Crippen molar-refractivity contribution in [2.24, 2.45) is 0 Å². The van der Waals surface area contributed by atoms with Crippen molar-refractivity contribution in [3.8, 4) is 11.5 Å². The van der Waals surface area contributed by atoms with Crippen LogP contribution < -0.4 is 4.74 Å². The van der Waals surface area contributed by atoms with Crippen molar-refractivity contribution in [3.63, 3.8) is 0 Å². The highest BCUT2D eigenvalue weighted by Gasteiger charge is 2.22. The average Bonchev–Trinajstić information content (AvgIpc) is 2.46. The highest BCUT2D eigenvalue weighted by molar-refractivity contribution is 6.32. The van der Waals surface area contributed by atoms with Crippen LogP contribution >= 0.6 is 11.6 Å². The second kappa shape index (κ2) is 6.50. The molecule has 0 spiro atoms. The number of carboxylic acid groups (broad SMARTS) is 1. The van der Waals surface area contributed by atoms with E-state index in [1.54, 1.807) is 36.4 Å². The Balaban J connectivity index is 2.34. The Morgan fingerprint density at radius 3 is 2.57 bits per heavy atom. The van der Waals surface area contributed by atoms with Gasteiger partial charge in [-0.1, -0.05) is 35.9 Å². The van der Waals surface area contributed by atoms with Crippen molar-refractivity contribution in [1.29, 1.82) is 0 Å². The molecule has 21 heavy (non-hydrogen) atoms. The maximum atomic E-state index is 11.5. The molecule has 0 saturated carbocycles. The minimum absolute atomic E-state index is 0.0864. The zero-order chi connectivity index (χ0) is 15.4. The summed E-state index contributed by atoms with van der Waals surface area (Å²) in [7, 11) is 1.50. The molecule has 110 valence electrons. The Hall–Kier alpha value is -2.20. The monoisotopic (exact) mass is 306 g/mol. The molecule has 0 aliphatic rings. The molecule has 0 aliphatic heterocycles. The Morgan fingerprint density at radius 1 is 1.29 bits per heavy atom. The van der Waals surface area contributed by atoms with Crippen LogP contribution in [0, 0.1) is 0 Å².